The Balaban J connectivity index is 3.09. The molecule has 0 saturated heterocycles. The maximum absolute atomic E-state index is 10.0. The average Bonchev–Trinajstić information content (AvgIpc) is 2.50. The number of unbranched alkanes of at least 4 members (excludes halogenated alkanes) is 12. The highest BCUT2D eigenvalue weighted by Gasteiger charge is 1.92. The van der Waals surface area contributed by atoms with Crippen LogP contribution in [0, 0.1) is 0 Å². The average molecular weight is 291 g/mol. The third-order valence-electron chi connectivity index (χ3n) is 3.77. The van der Waals surface area contributed by atoms with E-state index in [1.807, 2.05) is 12.2 Å². The van der Waals surface area contributed by atoms with Gasteiger partial charge in [0.25, 0.3) is 0 Å². The molecule has 0 aromatic heterocycles. The fraction of sp³-hybridized carbons (Fsp3) is 0.700. The maximum atomic E-state index is 10.0. The minimum atomic E-state index is 0.801. The second kappa shape index (κ2) is 19.0. The molecule has 0 bridgehead atoms. The second-order valence-electron chi connectivity index (χ2n) is 5.82. The lowest BCUT2D eigenvalue weighted by molar-refractivity contribution is 0.352. The fourth-order valence-electron chi connectivity index (χ4n) is 2.45. The molecular formula is C20H35O. The van der Waals surface area contributed by atoms with Crippen LogP contribution in [0.3, 0.4) is 0 Å². The first-order valence-electron chi connectivity index (χ1n) is 9.02. The third-order valence-corrected chi connectivity index (χ3v) is 3.77. The summed E-state index contributed by atoms with van der Waals surface area (Å²) in [7, 11) is 0. The van der Waals surface area contributed by atoms with Gasteiger partial charge in [-0.15, -0.1) is 0 Å². The Hall–Kier alpha value is -0.980. The molecule has 0 fully saturated rings. The third kappa shape index (κ3) is 19.0. The van der Waals surface area contributed by atoms with Gasteiger partial charge in [-0.25, -0.2) is 0 Å². The zero-order valence-electron chi connectivity index (χ0n) is 14.1. The highest BCUT2D eigenvalue weighted by atomic mass is 16.2. The Morgan fingerprint density at radius 2 is 1.05 bits per heavy atom. The van der Waals surface area contributed by atoms with Gasteiger partial charge in [0.1, 0.15) is 6.26 Å². The van der Waals surface area contributed by atoms with Gasteiger partial charge < -0.3 is 0 Å². The van der Waals surface area contributed by atoms with Gasteiger partial charge in [-0.2, -0.15) is 0 Å². The predicted molar refractivity (Wildman–Crippen MR) is 93.8 cm³/mol. The van der Waals surface area contributed by atoms with Gasteiger partial charge in [0, 0.05) is 0 Å². The number of allylic oxidation sites excluding steroid dienone is 5. The van der Waals surface area contributed by atoms with Crippen molar-refractivity contribution < 1.29 is 5.11 Å². The van der Waals surface area contributed by atoms with E-state index in [1.165, 1.54) is 83.1 Å². The minimum absolute atomic E-state index is 0.801. The summed E-state index contributed by atoms with van der Waals surface area (Å²) in [5.74, 6) is 0. The first-order valence-corrected chi connectivity index (χ1v) is 9.02. The van der Waals surface area contributed by atoms with E-state index in [4.69, 9.17) is 0 Å². The largest absolute Gasteiger partial charge is 0.299 e. The van der Waals surface area contributed by atoms with Crippen molar-refractivity contribution >= 4 is 0 Å². The second-order valence-corrected chi connectivity index (χ2v) is 5.82. The van der Waals surface area contributed by atoms with Crippen LogP contribution in [0.15, 0.2) is 36.6 Å². The minimum Gasteiger partial charge on any atom is -0.299 e. The summed E-state index contributed by atoms with van der Waals surface area (Å²) in [5, 5.41) is 10.0. The van der Waals surface area contributed by atoms with Crippen LogP contribution >= 0.6 is 0 Å². The van der Waals surface area contributed by atoms with Gasteiger partial charge >= 0.3 is 0 Å². The molecule has 1 heteroatoms. The first-order chi connectivity index (χ1) is 10.4. The Kier molecular flexibility index (Phi) is 18.1. The molecule has 121 valence electrons. The molecule has 0 rings (SSSR count). The Morgan fingerprint density at radius 1 is 0.571 bits per heavy atom. The van der Waals surface area contributed by atoms with Crippen LogP contribution < -0.4 is 0 Å². The van der Waals surface area contributed by atoms with Crippen LogP contribution in [-0.2, 0) is 5.11 Å². The fourth-order valence-corrected chi connectivity index (χ4v) is 2.45. The molecule has 0 aliphatic rings. The topological polar surface area (TPSA) is 19.9 Å². The number of hydrogen-bond donors (Lipinski definition) is 0. The Bertz CT molecular complexity index is 263. The van der Waals surface area contributed by atoms with Gasteiger partial charge in [-0.3, -0.25) is 5.11 Å². The Labute approximate surface area is 132 Å². The summed E-state index contributed by atoms with van der Waals surface area (Å²) >= 11 is 0. The summed E-state index contributed by atoms with van der Waals surface area (Å²) in [6, 6.07) is 0. The molecule has 0 aromatic carbocycles. The molecule has 0 unspecified atom stereocenters. The molecule has 0 spiro atoms. The van der Waals surface area contributed by atoms with E-state index >= 15 is 0 Å². The van der Waals surface area contributed by atoms with Crippen molar-refractivity contribution in [3.63, 3.8) is 0 Å². The van der Waals surface area contributed by atoms with Crippen LogP contribution in [-0.4, -0.2) is 0 Å². The van der Waals surface area contributed by atoms with Gasteiger partial charge in [0.15, 0.2) is 0 Å². The molecule has 0 N–H and O–H groups in total. The van der Waals surface area contributed by atoms with Gasteiger partial charge in [-0.05, 0) is 18.9 Å². The highest BCUT2D eigenvalue weighted by molar-refractivity contribution is 5.09. The Morgan fingerprint density at radius 3 is 1.57 bits per heavy atom. The van der Waals surface area contributed by atoms with E-state index in [1.54, 1.807) is 6.08 Å². The molecule has 0 atom stereocenters. The molecule has 1 nitrogen and oxygen atoms in total. The van der Waals surface area contributed by atoms with Crippen LogP contribution in [0.4, 0.5) is 0 Å². The van der Waals surface area contributed by atoms with Crippen molar-refractivity contribution in [1.82, 2.24) is 0 Å². The van der Waals surface area contributed by atoms with Crippen molar-refractivity contribution in [3.05, 3.63) is 36.6 Å². The van der Waals surface area contributed by atoms with Gasteiger partial charge in [0.2, 0.25) is 0 Å². The standard InChI is InChI=1S/C20H35O/c1-2-3-4-5-6-7-8-9-10-11-12-13-14-15-16-17-18-19-20-21/h15-20H,2-14H2,1H3. The first kappa shape index (κ1) is 20.0. The predicted octanol–water partition coefficient (Wildman–Crippen LogP) is 7.13. The molecule has 1 radical (unpaired) electrons. The van der Waals surface area contributed by atoms with Crippen LogP contribution in [0.25, 0.3) is 0 Å². The van der Waals surface area contributed by atoms with E-state index in [9.17, 15) is 5.11 Å². The smallest absolute Gasteiger partial charge is 0.142 e. The summed E-state index contributed by atoms with van der Waals surface area (Å²) < 4.78 is 0. The molecule has 0 aromatic rings. The molecule has 0 amide bonds. The molecular weight excluding hydrogens is 256 g/mol. The SMILES string of the molecule is CCCCCCCCCCCCCCC=CC=CC=C[O]. The molecule has 0 saturated carbocycles. The monoisotopic (exact) mass is 291 g/mol. The summed E-state index contributed by atoms with van der Waals surface area (Å²) in [6.45, 7) is 2.28. The van der Waals surface area contributed by atoms with Gasteiger partial charge in [0.05, 0.1) is 0 Å². The van der Waals surface area contributed by atoms with Crippen molar-refractivity contribution in [2.24, 2.45) is 0 Å². The van der Waals surface area contributed by atoms with Crippen LogP contribution in [0.5, 0.6) is 0 Å². The number of rotatable bonds is 15. The summed E-state index contributed by atoms with van der Waals surface area (Å²) in [6.07, 6.45) is 28.2. The van der Waals surface area contributed by atoms with E-state index in [2.05, 4.69) is 13.0 Å². The van der Waals surface area contributed by atoms with E-state index < -0.39 is 0 Å². The van der Waals surface area contributed by atoms with Crippen molar-refractivity contribution in [2.45, 2.75) is 90.4 Å². The highest BCUT2D eigenvalue weighted by Crippen LogP contribution is 2.12. The van der Waals surface area contributed by atoms with E-state index in [0.717, 1.165) is 12.7 Å². The van der Waals surface area contributed by atoms with E-state index in [-0.39, 0.29) is 0 Å². The molecule has 0 heterocycles. The van der Waals surface area contributed by atoms with Crippen molar-refractivity contribution in [2.75, 3.05) is 0 Å². The maximum Gasteiger partial charge on any atom is 0.142 e. The zero-order valence-corrected chi connectivity index (χ0v) is 14.1. The lowest BCUT2D eigenvalue weighted by atomic mass is 10.0. The number of hydrogen-bond acceptors (Lipinski definition) is 0. The van der Waals surface area contributed by atoms with Crippen molar-refractivity contribution in [3.8, 4) is 0 Å². The van der Waals surface area contributed by atoms with Crippen molar-refractivity contribution in [1.29, 1.82) is 0 Å². The van der Waals surface area contributed by atoms with E-state index in [0.29, 0.717) is 0 Å². The lowest BCUT2D eigenvalue weighted by Crippen LogP contribution is -1.82. The lowest BCUT2D eigenvalue weighted by Gasteiger charge is -2.02. The molecule has 0 aliphatic heterocycles. The molecule has 0 aliphatic carbocycles. The summed E-state index contributed by atoms with van der Waals surface area (Å²) in [5.41, 5.74) is 0. The van der Waals surface area contributed by atoms with Crippen LogP contribution in [0.2, 0.25) is 0 Å². The van der Waals surface area contributed by atoms with Gasteiger partial charge in [-0.1, -0.05) is 102 Å². The zero-order chi connectivity index (χ0) is 15.4. The summed E-state index contributed by atoms with van der Waals surface area (Å²) in [4.78, 5) is 0. The normalized spacial score (nSPS) is 12.2. The molecule has 21 heavy (non-hydrogen) atoms. The van der Waals surface area contributed by atoms with Crippen LogP contribution in [0.1, 0.15) is 90.4 Å². The quantitative estimate of drug-likeness (QED) is 0.174.